The maximum absolute atomic E-state index is 11.8. The van der Waals surface area contributed by atoms with Crippen LogP contribution < -0.4 is 0 Å². The van der Waals surface area contributed by atoms with Crippen molar-refractivity contribution < 1.29 is 9.53 Å². The number of rotatable bonds is 4. The molecule has 0 unspecified atom stereocenters. The van der Waals surface area contributed by atoms with Gasteiger partial charge in [-0.15, -0.1) is 0 Å². The molecule has 3 heterocycles. The third-order valence-electron chi connectivity index (χ3n) is 3.10. The zero-order chi connectivity index (χ0) is 14.8. The number of ether oxygens (including phenoxy) is 1. The summed E-state index contributed by atoms with van der Waals surface area (Å²) in [5.41, 5.74) is 2.59. The number of nitrogens with zero attached hydrogens (tertiary/aromatic N) is 5. The van der Waals surface area contributed by atoms with E-state index >= 15 is 0 Å². The van der Waals surface area contributed by atoms with Crippen molar-refractivity contribution in [3.8, 4) is 11.3 Å². The minimum Gasteiger partial charge on any atom is -0.461 e. The first-order chi connectivity index (χ1) is 10.2. The Labute approximate surface area is 121 Å². The fourth-order valence-corrected chi connectivity index (χ4v) is 2.09. The van der Waals surface area contributed by atoms with E-state index in [0.29, 0.717) is 12.3 Å². The highest BCUT2D eigenvalue weighted by Gasteiger charge is 2.15. The third kappa shape index (κ3) is 2.37. The van der Waals surface area contributed by atoms with Gasteiger partial charge in [-0.3, -0.25) is 4.68 Å². The van der Waals surface area contributed by atoms with Gasteiger partial charge in [0.1, 0.15) is 0 Å². The first-order valence-electron chi connectivity index (χ1n) is 6.77. The SMILES string of the molecule is CCOC(=O)c1cc2nccc(-c3cnn(CC)c3)n2n1. The van der Waals surface area contributed by atoms with Crippen LogP contribution in [0.25, 0.3) is 16.9 Å². The summed E-state index contributed by atoms with van der Waals surface area (Å²) in [6.07, 6.45) is 5.38. The van der Waals surface area contributed by atoms with Crippen LogP contribution >= 0.6 is 0 Å². The van der Waals surface area contributed by atoms with E-state index in [2.05, 4.69) is 15.2 Å². The molecule has 0 atom stereocenters. The molecular formula is C14H15N5O2. The largest absolute Gasteiger partial charge is 0.461 e. The van der Waals surface area contributed by atoms with Crippen LogP contribution in [0.15, 0.2) is 30.7 Å². The van der Waals surface area contributed by atoms with E-state index in [1.54, 1.807) is 29.9 Å². The number of carbonyl (C=O) groups is 1. The molecule has 0 bridgehead atoms. The number of hydrogen-bond acceptors (Lipinski definition) is 5. The second-order valence-electron chi connectivity index (χ2n) is 4.43. The summed E-state index contributed by atoms with van der Waals surface area (Å²) >= 11 is 0. The van der Waals surface area contributed by atoms with Gasteiger partial charge in [0, 0.05) is 30.6 Å². The zero-order valence-electron chi connectivity index (χ0n) is 11.9. The van der Waals surface area contributed by atoms with Gasteiger partial charge < -0.3 is 4.74 Å². The fraction of sp³-hybridized carbons (Fsp3) is 0.286. The molecule has 0 saturated carbocycles. The lowest BCUT2D eigenvalue weighted by Crippen LogP contribution is -2.05. The van der Waals surface area contributed by atoms with Crippen LogP contribution in [-0.2, 0) is 11.3 Å². The van der Waals surface area contributed by atoms with Crippen molar-refractivity contribution >= 4 is 11.6 Å². The summed E-state index contributed by atoms with van der Waals surface area (Å²) in [6.45, 7) is 4.89. The maximum atomic E-state index is 11.8. The maximum Gasteiger partial charge on any atom is 0.358 e. The van der Waals surface area contributed by atoms with Crippen LogP contribution in [0.3, 0.4) is 0 Å². The van der Waals surface area contributed by atoms with Gasteiger partial charge in [0.05, 0.1) is 18.5 Å². The molecule has 7 nitrogen and oxygen atoms in total. The average molecular weight is 285 g/mol. The summed E-state index contributed by atoms with van der Waals surface area (Å²) in [5, 5.41) is 8.54. The van der Waals surface area contributed by atoms with Gasteiger partial charge in [0.2, 0.25) is 0 Å². The van der Waals surface area contributed by atoms with Gasteiger partial charge in [0.15, 0.2) is 11.3 Å². The van der Waals surface area contributed by atoms with Crippen LogP contribution in [0.2, 0.25) is 0 Å². The summed E-state index contributed by atoms with van der Waals surface area (Å²) in [6, 6.07) is 3.46. The van der Waals surface area contributed by atoms with Gasteiger partial charge >= 0.3 is 5.97 Å². The monoisotopic (exact) mass is 285 g/mol. The van der Waals surface area contributed by atoms with Crippen molar-refractivity contribution in [1.82, 2.24) is 24.4 Å². The Morgan fingerprint density at radius 1 is 1.38 bits per heavy atom. The lowest BCUT2D eigenvalue weighted by molar-refractivity contribution is 0.0519. The second-order valence-corrected chi connectivity index (χ2v) is 4.43. The number of aryl methyl sites for hydroxylation is 1. The van der Waals surface area contributed by atoms with E-state index in [1.807, 2.05) is 23.9 Å². The molecule has 21 heavy (non-hydrogen) atoms. The third-order valence-corrected chi connectivity index (χ3v) is 3.10. The molecule has 7 heteroatoms. The summed E-state index contributed by atoms with van der Waals surface area (Å²) < 4.78 is 8.42. The normalized spacial score (nSPS) is 11.0. The molecule has 0 aliphatic heterocycles. The van der Waals surface area contributed by atoms with E-state index in [4.69, 9.17) is 4.74 Å². The first kappa shape index (κ1) is 13.3. The minimum atomic E-state index is -0.446. The lowest BCUT2D eigenvalue weighted by atomic mass is 10.2. The molecule has 0 fully saturated rings. The van der Waals surface area contributed by atoms with Crippen LogP contribution in [0, 0.1) is 0 Å². The molecule has 0 aliphatic rings. The van der Waals surface area contributed by atoms with E-state index in [-0.39, 0.29) is 5.69 Å². The quantitative estimate of drug-likeness (QED) is 0.683. The topological polar surface area (TPSA) is 74.3 Å². The van der Waals surface area contributed by atoms with Crippen LogP contribution in [0.1, 0.15) is 24.3 Å². The summed E-state index contributed by atoms with van der Waals surface area (Å²) in [4.78, 5) is 16.0. The number of hydrogen-bond donors (Lipinski definition) is 0. The Morgan fingerprint density at radius 3 is 2.95 bits per heavy atom. The van der Waals surface area contributed by atoms with Gasteiger partial charge in [-0.2, -0.15) is 10.2 Å². The van der Waals surface area contributed by atoms with E-state index in [1.165, 1.54) is 0 Å². The van der Waals surface area contributed by atoms with Gasteiger partial charge in [-0.25, -0.2) is 14.3 Å². The Hall–Kier alpha value is -2.70. The lowest BCUT2D eigenvalue weighted by Gasteiger charge is -2.00. The number of esters is 1. The fourth-order valence-electron chi connectivity index (χ4n) is 2.09. The second kappa shape index (κ2) is 5.35. The first-order valence-corrected chi connectivity index (χ1v) is 6.77. The highest BCUT2D eigenvalue weighted by Crippen LogP contribution is 2.19. The molecule has 108 valence electrons. The standard InChI is InChI=1S/C14H15N5O2/c1-3-18-9-10(8-16-18)12-5-6-15-13-7-11(17-19(12)13)14(20)21-4-2/h5-9H,3-4H2,1-2H3. The average Bonchev–Trinajstić information content (AvgIpc) is 3.13. The molecule has 0 N–H and O–H groups in total. The van der Waals surface area contributed by atoms with Crippen molar-refractivity contribution in [2.75, 3.05) is 6.61 Å². The van der Waals surface area contributed by atoms with Crippen molar-refractivity contribution in [3.05, 3.63) is 36.4 Å². The molecule has 0 saturated heterocycles. The van der Waals surface area contributed by atoms with Crippen LogP contribution in [0.4, 0.5) is 0 Å². The highest BCUT2D eigenvalue weighted by molar-refractivity contribution is 5.88. The van der Waals surface area contributed by atoms with Gasteiger partial charge in [-0.05, 0) is 19.9 Å². The van der Waals surface area contributed by atoms with Crippen molar-refractivity contribution in [2.45, 2.75) is 20.4 Å². The smallest absolute Gasteiger partial charge is 0.358 e. The Morgan fingerprint density at radius 2 is 2.24 bits per heavy atom. The Bertz CT molecular complexity index is 790. The molecular weight excluding hydrogens is 270 g/mol. The molecule has 0 spiro atoms. The molecule has 3 rings (SSSR count). The van der Waals surface area contributed by atoms with Crippen molar-refractivity contribution in [3.63, 3.8) is 0 Å². The molecule has 0 aliphatic carbocycles. The Kier molecular flexibility index (Phi) is 3.39. The minimum absolute atomic E-state index is 0.250. The predicted octanol–water partition coefficient (Wildman–Crippen LogP) is 1.79. The highest BCUT2D eigenvalue weighted by atomic mass is 16.5. The van der Waals surface area contributed by atoms with Crippen LogP contribution in [0.5, 0.6) is 0 Å². The van der Waals surface area contributed by atoms with E-state index < -0.39 is 5.97 Å². The van der Waals surface area contributed by atoms with Crippen molar-refractivity contribution in [2.24, 2.45) is 0 Å². The van der Waals surface area contributed by atoms with Crippen molar-refractivity contribution in [1.29, 1.82) is 0 Å². The predicted molar refractivity (Wildman–Crippen MR) is 75.8 cm³/mol. The number of carbonyl (C=O) groups excluding carboxylic acids is 1. The van der Waals surface area contributed by atoms with E-state index in [9.17, 15) is 4.79 Å². The molecule has 0 radical (unpaired) electrons. The van der Waals surface area contributed by atoms with Crippen LogP contribution in [-0.4, -0.2) is 37.0 Å². The number of aromatic nitrogens is 5. The molecule has 3 aromatic rings. The van der Waals surface area contributed by atoms with E-state index in [0.717, 1.165) is 17.8 Å². The summed E-state index contributed by atoms with van der Waals surface area (Å²) in [5.74, 6) is -0.446. The number of fused-ring (bicyclic) bond motifs is 1. The molecule has 0 aromatic carbocycles. The zero-order valence-corrected chi connectivity index (χ0v) is 11.9. The molecule has 0 amide bonds. The van der Waals surface area contributed by atoms with Gasteiger partial charge in [-0.1, -0.05) is 0 Å². The molecule has 3 aromatic heterocycles. The summed E-state index contributed by atoms with van der Waals surface area (Å²) in [7, 11) is 0. The van der Waals surface area contributed by atoms with Gasteiger partial charge in [0.25, 0.3) is 0 Å². The Balaban J connectivity index is 2.09.